The van der Waals surface area contributed by atoms with Gasteiger partial charge in [-0.15, -0.1) is 0 Å². The lowest BCUT2D eigenvalue weighted by molar-refractivity contribution is -0.132. The van der Waals surface area contributed by atoms with Crippen molar-refractivity contribution in [3.8, 4) is 0 Å². The number of rotatable bonds is 6. The van der Waals surface area contributed by atoms with E-state index < -0.39 is 10.0 Å². The lowest BCUT2D eigenvalue weighted by Crippen LogP contribution is -2.50. The predicted molar refractivity (Wildman–Crippen MR) is 123 cm³/mol. The van der Waals surface area contributed by atoms with Crippen LogP contribution in [-0.4, -0.2) is 72.8 Å². The number of ketones is 1. The Bertz CT molecular complexity index is 1190. The molecule has 2 aliphatic rings. The zero-order valence-corrected chi connectivity index (χ0v) is 19.2. The summed E-state index contributed by atoms with van der Waals surface area (Å²) >= 11 is 0. The van der Waals surface area contributed by atoms with Crippen LogP contribution in [0.5, 0.6) is 0 Å². The van der Waals surface area contributed by atoms with E-state index >= 15 is 0 Å². The van der Waals surface area contributed by atoms with Gasteiger partial charge in [0.25, 0.3) is 5.91 Å². The van der Waals surface area contributed by atoms with Gasteiger partial charge in [0.1, 0.15) is 0 Å². The van der Waals surface area contributed by atoms with Gasteiger partial charge in [0.15, 0.2) is 5.78 Å². The number of Topliss-reactive ketones (excluding diaryl/α,β-unsaturated/α-hetero) is 1. The summed E-state index contributed by atoms with van der Waals surface area (Å²) in [7, 11) is -3.70. The van der Waals surface area contributed by atoms with Crippen molar-refractivity contribution >= 4 is 33.3 Å². The van der Waals surface area contributed by atoms with Gasteiger partial charge in [-0.2, -0.15) is 4.31 Å². The van der Waals surface area contributed by atoms with E-state index in [0.717, 1.165) is 5.56 Å². The molecule has 8 nitrogen and oxygen atoms in total. The SMILES string of the molecule is C=C1c2ccccc2C(=O)N1CCC(=O)N1CCN(S(=O)(=O)c2ccc(C(C)=O)cc2)CC1. The van der Waals surface area contributed by atoms with Gasteiger partial charge in [-0.1, -0.05) is 36.9 Å². The van der Waals surface area contributed by atoms with E-state index in [4.69, 9.17) is 0 Å². The quantitative estimate of drug-likeness (QED) is 0.608. The van der Waals surface area contributed by atoms with E-state index in [1.54, 1.807) is 17.0 Å². The first-order valence-corrected chi connectivity index (χ1v) is 12.1. The minimum absolute atomic E-state index is 0.123. The van der Waals surface area contributed by atoms with Gasteiger partial charge in [0.2, 0.25) is 15.9 Å². The molecule has 2 heterocycles. The summed E-state index contributed by atoms with van der Waals surface area (Å²) in [4.78, 5) is 40.0. The molecular formula is C24H25N3O5S. The molecule has 2 aliphatic heterocycles. The van der Waals surface area contributed by atoms with Crippen molar-refractivity contribution < 1.29 is 22.8 Å². The highest BCUT2D eigenvalue weighted by Gasteiger charge is 2.33. The van der Waals surface area contributed by atoms with Crippen molar-refractivity contribution in [2.75, 3.05) is 32.7 Å². The van der Waals surface area contributed by atoms with Crippen molar-refractivity contribution in [3.63, 3.8) is 0 Å². The first kappa shape index (κ1) is 22.9. The van der Waals surface area contributed by atoms with E-state index in [1.807, 2.05) is 12.1 Å². The van der Waals surface area contributed by atoms with Crippen molar-refractivity contribution in [1.82, 2.24) is 14.1 Å². The Morgan fingerprint density at radius 2 is 1.55 bits per heavy atom. The molecule has 0 aromatic heterocycles. The van der Waals surface area contributed by atoms with Crippen LogP contribution >= 0.6 is 0 Å². The van der Waals surface area contributed by atoms with Gasteiger partial charge in [0, 0.05) is 61.5 Å². The summed E-state index contributed by atoms with van der Waals surface area (Å²) in [6, 6.07) is 13.1. The predicted octanol–water partition coefficient (Wildman–Crippen LogP) is 2.24. The Labute approximate surface area is 193 Å². The van der Waals surface area contributed by atoms with E-state index in [-0.39, 0.29) is 61.6 Å². The fraction of sp³-hybridized carbons (Fsp3) is 0.292. The lowest BCUT2D eigenvalue weighted by Gasteiger charge is -2.34. The van der Waals surface area contributed by atoms with Gasteiger partial charge in [-0.3, -0.25) is 14.4 Å². The number of fused-ring (bicyclic) bond motifs is 1. The van der Waals surface area contributed by atoms with E-state index in [2.05, 4.69) is 6.58 Å². The molecule has 0 unspecified atom stereocenters. The normalized spacial score (nSPS) is 16.8. The standard InChI is InChI=1S/C24H25N3O5S/c1-17-21-5-3-4-6-22(21)24(30)27(17)12-11-23(29)25-13-15-26(16-14-25)33(31,32)20-9-7-19(8-10-20)18(2)28/h3-10H,1,11-16H2,2H3. The van der Waals surface area contributed by atoms with Gasteiger partial charge < -0.3 is 9.80 Å². The van der Waals surface area contributed by atoms with Crippen LogP contribution < -0.4 is 0 Å². The van der Waals surface area contributed by atoms with Crippen LogP contribution in [0.4, 0.5) is 0 Å². The van der Waals surface area contributed by atoms with Crippen LogP contribution in [0.2, 0.25) is 0 Å². The van der Waals surface area contributed by atoms with Crippen LogP contribution in [0.15, 0.2) is 60.0 Å². The molecule has 172 valence electrons. The minimum Gasteiger partial charge on any atom is -0.340 e. The molecule has 0 spiro atoms. The Morgan fingerprint density at radius 1 is 0.939 bits per heavy atom. The molecule has 9 heteroatoms. The van der Waals surface area contributed by atoms with Crippen LogP contribution in [0.25, 0.3) is 5.70 Å². The summed E-state index contributed by atoms with van der Waals surface area (Å²) in [5.41, 5.74) is 2.41. The Hall–Kier alpha value is -3.30. The van der Waals surface area contributed by atoms with Gasteiger partial charge >= 0.3 is 0 Å². The van der Waals surface area contributed by atoms with Crippen LogP contribution in [0.3, 0.4) is 0 Å². The number of carbonyl (C=O) groups is 3. The van der Waals surface area contributed by atoms with Crippen molar-refractivity contribution in [3.05, 3.63) is 71.8 Å². The highest BCUT2D eigenvalue weighted by atomic mass is 32.2. The third-order valence-corrected chi connectivity index (χ3v) is 7.99. The molecule has 1 fully saturated rings. The smallest absolute Gasteiger partial charge is 0.258 e. The number of hydrogen-bond acceptors (Lipinski definition) is 5. The average Bonchev–Trinajstić information content (AvgIpc) is 3.07. The zero-order valence-electron chi connectivity index (χ0n) is 18.4. The molecular weight excluding hydrogens is 442 g/mol. The second-order valence-electron chi connectivity index (χ2n) is 8.06. The minimum atomic E-state index is -3.70. The summed E-state index contributed by atoms with van der Waals surface area (Å²) in [5.74, 6) is -0.418. The number of piperazine rings is 1. The van der Waals surface area contributed by atoms with Crippen molar-refractivity contribution in [1.29, 1.82) is 0 Å². The maximum Gasteiger partial charge on any atom is 0.258 e. The number of hydrogen-bond donors (Lipinski definition) is 0. The van der Waals surface area contributed by atoms with E-state index in [0.29, 0.717) is 16.8 Å². The second-order valence-corrected chi connectivity index (χ2v) is 10.0. The number of sulfonamides is 1. The lowest BCUT2D eigenvalue weighted by atomic mass is 10.1. The summed E-state index contributed by atoms with van der Waals surface area (Å²) < 4.78 is 27.2. The molecule has 2 amide bonds. The Morgan fingerprint density at radius 3 is 2.12 bits per heavy atom. The highest BCUT2D eigenvalue weighted by Crippen LogP contribution is 2.31. The largest absolute Gasteiger partial charge is 0.340 e. The van der Waals surface area contributed by atoms with Gasteiger partial charge in [-0.25, -0.2) is 8.42 Å². The third-order valence-electron chi connectivity index (χ3n) is 6.08. The van der Waals surface area contributed by atoms with Crippen LogP contribution in [0.1, 0.15) is 39.6 Å². The molecule has 4 rings (SSSR count). The van der Waals surface area contributed by atoms with Crippen LogP contribution in [-0.2, 0) is 14.8 Å². The summed E-state index contributed by atoms with van der Waals surface area (Å²) in [6.07, 6.45) is 0.137. The average molecular weight is 468 g/mol. The first-order valence-electron chi connectivity index (χ1n) is 10.7. The highest BCUT2D eigenvalue weighted by molar-refractivity contribution is 7.89. The molecule has 2 aromatic rings. The van der Waals surface area contributed by atoms with Crippen LogP contribution in [0, 0.1) is 0 Å². The third kappa shape index (κ3) is 4.34. The van der Waals surface area contributed by atoms with Gasteiger partial charge in [-0.05, 0) is 25.1 Å². The molecule has 0 radical (unpaired) electrons. The number of nitrogens with zero attached hydrogens (tertiary/aromatic N) is 3. The summed E-state index contributed by atoms with van der Waals surface area (Å²) in [5, 5.41) is 0. The molecule has 33 heavy (non-hydrogen) atoms. The maximum absolute atomic E-state index is 12.9. The Kier molecular flexibility index (Phi) is 6.18. The van der Waals surface area contributed by atoms with E-state index in [9.17, 15) is 22.8 Å². The molecule has 1 saturated heterocycles. The fourth-order valence-electron chi connectivity index (χ4n) is 4.13. The monoisotopic (exact) mass is 467 g/mol. The summed E-state index contributed by atoms with van der Waals surface area (Å²) in [6.45, 7) is 6.56. The Balaban J connectivity index is 1.32. The zero-order chi connectivity index (χ0) is 23.8. The maximum atomic E-state index is 12.9. The van der Waals surface area contributed by atoms with Crippen molar-refractivity contribution in [2.24, 2.45) is 0 Å². The molecule has 0 N–H and O–H groups in total. The molecule has 0 saturated carbocycles. The van der Waals surface area contributed by atoms with E-state index in [1.165, 1.54) is 40.4 Å². The number of carbonyl (C=O) groups excluding carboxylic acids is 3. The topological polar surface area (TPSA) is 95.1 Å². The molecule has 0 bridgehead atoms. The second kappa shape index (κ2) is 8.92. The molecule has 0 atom stereocenters. The van der Waals surface area contributed by atoms with Crippen molar-refractivity contribution in [2.45, 2.75) is 18.2 Å². The number of benzene rings is 2. The fourth-order valence-corrected chi connectivity index (χ4v) is 5.55. The first-order chi connectivity index (χ1) is 15.7. The van der Waals surface area contributed by atoms with Gasteiger partial charge in [0.05, 0.1) is 4.90 Å². The molecule has 0 aliphatic carbocycles. The molecule has 2 aromatic carbocycles. The number of amides is 2.